The van der Waals surface area contributed by atoms with Gasteiger partial charge in [0.1, 0.15) is 12.2 Å². The first kappa shape index (κ1) is 24.8. The summed E-state index contributed by atoms with van der Waals surface area (Å²) in [5.74, 6) is -4.47. The Balaban J connectivity index is 2.47. The molecule has 0 amide bonds. The zero-order chi connectivity index (χ0) is 23.5. The maximum atomic E-state index is 12.5. The van der Waals surface area contributed by atoms with Gasteiger partial charge in [-0.3, -0.25) is 4.79 Å². The molecule has 0 spiro atoms. The van der Waals surface area contributed by atoms with E-state index in [4.69, 9.17) is 14.6 Å². The molecule has 0 saturated heterocycles. The molecule has 9 nitrogen and oxygen atoms in total. The van der Waals surface area contributed by atoms with Gasteiger partial charge in [-0.25, -0.2) is 9.59 Å². The lowest BCUT2D eigenvalue weighted by molar-refractivity contribution is -0.172. The molecule has 0 aromatic carbocycles. The second kappa shape index (κ2) is 9.76. The van der Waals surface area contributed by atoms with E-state index >= 15 is 0 Å². The molecule has 0 aromatic heterocycles. The second-order valence-corrected chi connectivity index (χ2v) is 8.36. The molecule has 4 N–H and O–H groups in total. The first-order valence-corrected chi connectivity index (χ1v) is 10.0. The molecule has 0 heterocycles. The lowest BCUT2D eigenvalue weighted by Crippen LogP contribution is -2.56. The van der Waals surface area contributed by atoms with Crippen LogP contribution in [-0.2, 0) is 23.9 Å². The van der Waals surface area contributed by atoms with Crippen molar-refractivity contribution < 1.29 is 44.3 Å². The quantitative estimate of drug-likeness (QED) is 0.256. The number of esters is 2. The molecule has 1 fully saturated rings. The van der Waals surface area contributed by atoms with E-state index in [9.17, 15) is 29.7 Å². The van der Waals surface area contributed by atoms with Crippen LogP contribution in [0.1, 0.15) is 33.6 Å². The fraction of sp³-hybridized carbons (Fsp3) is 0.591. The zero-order valence-corrected chi connectivity index (χ0v) is 17.9. The van der Waals surface area contributed by atoms with Crippen molar-refractivity contribution in [1.29, 1.82) is 0 Å². The monoisotopic (exact) mass is 438 g/mol. The molecule has 31 heavy (non-hydrogen) atoms. The maximum absolute atomic E-state index is 12.5. The van der Waals surface area contributed by atoms with Gasteiger partial charge in [-0.2, -0.15) is 0 Å². The van der Waals surface area contributed by atoms with E-state index in [1.54, 1.807) is 19.9 Å². The minimum atomic E-state index is -1.36. The van der Waals surface area contributed by atoms with Gasteiger partial charge in [0.25, 0.3) is 0 Å². The molecule has 2 rings (SSSR count). The number of aliphatic hydroxyl groups is 3. The van der Waals surface area contributed by atoms with E-state index in [0.717, 1.165) is 6.08 Å². The third kappa shape index (κ3) is 5.41. The van der Waals surface area contributed by atoms with E-state index in [1.165, 1.54) is 6.92 Å². The summed E-state index contributed by atoms with van der Waals surface area (Å²) in [6, 6.07) is 0. The number of carboxylic acids is 1. The highest BCUT2D eigenvalue weighted by atomic mass is 16.5. The van der Waals surface area contributed by atoms with Crippen LogP contribution in [-0.4, -0.2) is 69.4 Å². The average molecular weight is 438 g/mol. The standard InChI is InChI=1S/C22H30O9/c1-11-7-15-16(8-17(11)30-13(3)25)22(4,29)9-18(19(15)12(2)20(26)27)31-21(28)14(10-24)5-6-23/h5,7,15-19,23-24,29H,2,6,8-10H2,1,3-4H3,(H,26,27)/b14-5+/t15-,16+,17-,18-,19+,22-/m0/s1. The van der Waals surface area contributed by atoms with Gasteiger partial charge in [-0.05, 0) is 43.8 Å². The van der Waals surface area contributed by atoms with Gasteiger partial charge in [-0.1, -0.05) is 12.7 Å². The summed E-state index contributed by atoms with van der Waals surface area (Å²) in [4.78, 5) is 35.7. The highest BCUT2D eigenvalue weighted by Gasteiger charge is 2.54. The molecule has 0 radical (unpaired) electrons. The fourth-order valence-electron chi connectivity index (χ4n) is 4.65. The van der Waals surface area contributed by atoms with Crippen LogP contribution >= 0.6 is 0 Å². The molecule has 0 bridgehead atoms. The molecule has 2 aliphatic rings. The van der Waals surface area contributed by atoms with Crippen molar-refractivity contribution in [2.75, 3.05) is 13.2 Å². The summed E-state index contributed by atoms with van der Waals surface area (Å²) in [6.07, 6.45) is 1.49. The first-order chi connectivity index (χ1) is 14.4. The molecule has 1 saturated carbocycles. The van der Waals surface area contributed by atoms with Crippen molar-refractivity contribution in [2.45, 2.75) is 51.4 Å². The Kier molecular flexibility index (Phi) is 7.80. The Morgan fingerprint density at radius 1 is 1.29 bits per heavy atom. The summed E-state index contributed by atoms with van der Waals surface area (Å²) in [6.45, 7) is 7.15. The SMILES string of the molecule is C=C(C(=O)O)[C@@H]1[C@H]2C=C(C)[C@@H](OC(C)=O)C[C@H]2[C@@](C)(O)C[C@@H]1OC(=O)/C(=C/CO)CO. The van der Waals surface area contributed by atoms with Crippen LogP contribution in [0.25, 0.3) is 0 Å². The van der Waals surface area contributed by atoms with E-state index < -0.39 is 66.7 Å². The van der Waals surface area contributed by atoms with E-state index in [-0.39, 0.29) is 24.0 Å². The molecule has 0 aliphatic heterocycles. The molecular weight excluding hydrogens is 408 g/mol. The number of rotatable bonds is 7. The largest absolute Gasteiger partial charge is 0.478 e. The van der Waals surface area contributed by atoms with Crippen LogP contribution in [0.2, 0.25) is 0 Å². The van der Waals surface area contributed by atoms with Crippen LogP contribution in [0.3, 0.4) is 0 Å². The smallest absolute Gasteiger partial charge is 0.336 e. The minimum absolute atomic E-state index is 0.0750. The number of fused-ring (bicyclic) bond motifs is 1. The lowest BCUT2D eigenvalue weighted by atomic mass is 9.57. The molecule has 2 aliphatic carbocycles. The number of hydrogen-bond donors (Lipinski definition) is 4. The van der Waals surface area contributed by atoms with Gasteiger partial charge >= 0.3 is 17.9 Å². The summed E-state index contributed by atoms with van der Waals surface area (Å²) in [5.41, 5.74) is -0.997. The molecule has 0 aromatic rings. The number of aliphatic hydroxyl groups excluding tert-OH is 2. The van der Waals surface area contributed by atoms with Gasteiger partial charge in [0.15, 0.2) is 0 Å². The van der Waals surface area contributed by atoms with Crippen LogP contribution in [0.5, 0.6) is 0 Å². The number of ether oxygens (including phenoxy) is 2. The molecule has 9 heteroatoms. The Morgan fingerprint density at radius 2 is 1.94 bits per heavy atom. The summed E-state index contributed by atoms with van der Waals surface area (Å²) in [5, 5.41) is 39.2. The highest BCUT2D eigenvalue weighted by Crippen LogP contribution is 2.51. The van der Waals surface area contributed by atoms with Gasteiger partial charge in [0.2, 0.25) is 0 Å². The van der Waals surface area contributed by atoms with Crippen molar-refractivity contribution in [3.8, 4) is 0 Å². The van der Waals surface area contributed by atoms with Crippen LogP contribution in [0.15, 0.2) is 35.5 Å². The first-order valence-electron chi connectivity index (χ1n) is 10.0. The van der Waals surface area contributed by atoms with Crippen molar-refractivity contribution >= 4 is 17.9 Å². The Morgan fingerprint density at radius 3 is 2.45 bits per heavy atom. The van der Waals surface area contributed by atoms with Crippen LogP contribution in [0, 0.1) is 17.8 Å². The fourth-order valence-corrected chi connectivity index (χ4v) is 4.65. The number of carboxylic acid groups (broad SMARTS) is 1. The Bertz CT molecular complexity index is 808. The Hall–Kier alpha value is -2.49. The van der Waals surface area contributed by atoms with Gasteiger partial charge in [-0.15, -0.1) is 0 Å². The van der Waals surface area contributed by atoms with Crippen LogP contribution in [0.4, 0.5) is 0 Å². The van der Waals surface area contributed by atoms with Gasteiger partial charge < -0.3 is 29.9 Å². The predicted molar refractivity (Wildman–Crippen MR) is 109 cm³/mol. The maximum Gasteiger partial charge on any atom is 0.336 e. The highest BCUT2D eigenvalue weighted by molar-refractivity contribution is 5.89. The van der Waals surface area contributed by atoms with E-state index in [1.807, 2.05) is 0 Å². The van der Waals surface area contributed by atoms with E-state index in [2.05, 4.69) is 6.58 Å². The normalized spacial score (nSPS) is 33.0. The number of aliphatic carboxylic acids is 1. The van der Waals surface area contributed by atoms with Crippen molar-refractivity contribution in [2.24, 2.45) is 17.8 Å². The second-order valence-electron chi connectivity index (χ2n) is 8.36. The molecular formula is C22H30O9. The topological polar surface area (TPSA) is 151 Å². The minimum Gasteiger partial charge on any atom is -0.478 e. The summed E-state index contributed by atoms with van der Waals surface area (Å²) < 4.78 is 10.9. The predicted octanol–water partition coefficient (Wildman–Crippen LogP) is 0.735. The third-order valence-electron chi connectivity index (χ3n) is 6.14. The van der Waals surface area contributed by atoms with Crippen molar-refractivity contribution in [3.05, 3.63) is 35.5 Å². The number of carbonyl (C=O) groups excluding carboxylic acids is 2. The van der Waals surface area contributed by atoms with Crippen LogP contribution < -0.4 is 0 Å². The lowest BCUT2D eigenvalue weighted by Gasteiger charge is -2.52. The molecule has 0 unspecified atom stereocenters. The third-order valence-corrected chi connectivity index (χ3v) is 6.14. The Labute approximate surface area is 180 Å². The van der Waals surface area contributed by atoms with Crippen molar-refractivity contribution in [1.82, 2.24) is 0 Å². The summed E-state index contributed by atoms with van der Waals surface area (Å²) >= 11 is 0. The number of allylic oxidation sites excluding steroid dienone is 1. The molecule has 172 valence electrons. The summed E-state index contributed by atoms with van der Waals surface area (Å²) in [7, 11) is 0. The zero-order valence-electron chi connectivity index (χ0n) is 17.9. The number of hydrogen-bond acceptors (Lipinski definition) is 8. The van der Waals surface area contributed by atoms with Gasteiger partial charge in [0.05, 0.1) is 24.4 Å². The number of carbonyl (C=O) groups is 3. The van der Waals surface area contributed by atoms with E-state index in [0.29, 0.717) is 5.57 Å². The van der Waals surface area contributed by atoms with Crippen molar-refractivity contribution in [3.63, 3.8) is 0 Å². The van der Waals surface area contributed by atoms with Gasteiger partial charge in [0, 0.05) is 24.8 Å². The molecule has 6 atom stereocenters. The average Bonchev–Trinajstić information content (AvgIpc) is 2.66.